The number of hydrogen-bond donors (Lipinski definition) is 2. The van der Waals surface area contributed by atoms with Crippen molar-refractivity contribution in [2.45, 2.75) is 32.4 Å². The number of aromatic nitrogens is 1. The number of nitrogens with zero attached hydrogens (tertiary/aromatic N) is 3. The Morgan fingerprint density at radius 2 is 1.93 bits per heavy atom. The first-order valence-electron chi connectivity index (χ1n) is 9.91. The predicted molar refractivity (Wildman–Crippen MR) is 112 cm³/mol. The second-order valence-corrected chi connectivity index (χ2v) is 7.69. The van der Waals surface area contributed by atoms with Crippen molar-refractivity contribution >= 4 is 16.9 Å². The van der Waals surface area contributed by atoms with Crippen molar-refractivity contribution in [2.24, 2.45) is 4.99 Å². The maximum Gasteiger partial charge on any atom is 0.191 e. The summed E-state index contributed by atoms with van der Waals surface area (Å²) in [6.07, 6.45) is 3.22. The van der Waals surface area contributed by atoms with Gasteiger partial charge in [0.1, 0.15) is 0 Å². The minimum atomic E-state index is 0.0749. The molecule has 0 bridgehead atoms. The smallest absolute Gasteiger partial charge is 0.191 e. The van der Waals surface area contributed by atoms with Crippen LogP contribution in [0.2, 0.25) is 0 Å². The molecule has 6 nitrogen and oxygen atoms in total. The van der Waals surface area contributed by atoms with E-state index >= 15 is 0 Å². The first-order valence-corrected chi connectivity index (χ1v) is 9.91. The Balaban J connectivity index is 1.41. The van der Waals surface area contributed by atoms with E-state index in [1.54, 1.807) is 0 Å². The van der Waals surface area contributed by atoms with Gasteiger partial charge in [-0.15, -0.1) is 0 Å². The number of para-hydroxylation sites is 1. The SMILES string of the molecule is CN=C(NCCCn1ccc2ccccc21)NCC(C)(C)N1CCOCC1. The summed E-state index contributed by atoms with van der Waals surface area (Å²) in [4.78, 5) is 6.85. The lowest BCUT2D eigenvalue weighted by molar-refractivity contribution is -0.00833. The Morgan fingerprint density at radius 3 is 2.70 bits per heavy atom. The number of nitrogens with one attached hydrogen (secondary N) is 2. The maximum atomic E-state index is 5.46. The van der Waals surface area contributed by atoms with E-state index < -0.39 is 0 Å². The minimum absolute atomic E-state index is 0.0749. The van der Waals surface area contributed by atoms with Crippen LogP contribution in [0.1, 0.15) is 20.3 Å². The molecule has 1 aliphatic heterocycles. The van der Waals surface area contributed by atoms with Crippen LogP contribution in [0.25, 0.3) is 10.9 Å². The molecular formula is C21H33N5O. The standard InChI is InChI=1S/C21H33N5O/c1-21(2,26-13-15-27-16-14-26)17-24-20(22-3)23-10-6-11-25-12-9-18-7-4-5-8-19(18)25/h4-5,7-9,12H,6,10-11,13-17H2,1-3H3,(H2,22,23,24). The van der Waals surface area contributed by atoms with Crippen LogP contribution in [0.15, 0.2) is 41.5 Å². The lowest BCUT2D eigenvalue weighted by Gasteiger charge is -2.41. The van der Waals surface area contributed by atoms with Crippen LogP contribution in [0, 0.1) is 0 Å². The number of benzene rings is 1. The second-order valence-electron chi connectivity index (χ2n) is 7.69. The molecule has 2 heterocycles. The lowest BCUT2D eigenvalue weighted by Crippen LogP contribution is -2.56. The molecule has 148 valence electrons. The summed E-state index contributed by atoms with van der Waals surface area (Å²) in [5, 5.41) is 8.22. The predicted octanol–water partition coefficient (Wildman–Crippen LogP) is 2.31. The number of morpholine rings is 1. The minimum Gasteiger partial charge on any atom is -0.379 e. The number of ether oxygens (including phenoxy) is 1. The Kier molecular flexibility index (Phi) is 6.74. The van der Waals surface area contributed by atoms with Gasteiger partial charge in [-0.2, -0.15) is 0 Å². The molecule has 0 unspecified atom stereocenters. The third-order valence-electron chi connectivity index (χ3n) is 5.33. The number of aryl methyl sites for hydroxylation is 1. The van der Waals surface area contributed by atoms with Crippen LogP contribution in [-0.4, -0.2) is 67.4 Å². The molecule has 0 radical (unpaired) electrons. The third kappa shape index (κ3) is 5.23. The van der Waals surface area contributed by atoms with Crippen molar-refractivity contribution < 1.29 is 4.74 Å². The molecule has 0 saturated carbocycles. The summed E-state index contributed by atoms with van der Waals surface area (Å²) < 4.78 is 7.78. The molecule has 2 N–H and O–H groups in total. The highest BCUT2D eigenvalue weighted by molar-refractivity contribution is 5.80. The Morgan fingerprint density at radius 1 is 1.15 bits per heavy atom. The first kappa shape index (κ1) is 19.7. The van der Waals surface area contributed by atoms with Crippen LogP contribution < -0.4 is 10.6 Å². The summed E-state index contributed by atoms with van der Waals surface area (Å²) in [7, 11) is 1.83. The van der Waals surface area contributed by atoms with E-state index in [1.807, 2.05) is 7.05 Å². The molecule has 1 fully saturated rings. The summed E-state index contributed by atoms with van der Waals surface area (Å²) in [5.74, 6) is 0.869. The molecule has 2 aromatic rings. The summed E-state index contributed by atoms with van der Waals surface area (Å²) in [5.41, 5.74) is 1.37. The van der Waals surface area contributed by atoms with Crippen molar-refractivity contribution in [3.05, 3.63) is 36.5 Å². The van der Waals surface area contributed by atoms with Crippen molar-refractivity contribution in [3.8, 4) is 0 Å². The number of hydrogen-bond acceptors (Lipinski definition) is 3. The van der Waals surface area contributed by atoms with Gasteiger partial charge in [0, 0.05) is 57.0 Å². The number of aliphatic imine (C=N–C) groups is 1. The molecule has 3 rings (SSSR count). The summed E-state index contributed by atoms with van der Waals surface area (Å²) in [6.45, 7) is 10.9. The van der Waals surface area contributed by atoms with Crippen LogP contribution in [0.3, 0.4) is 0 Å². The quantitative estimate of drug-likeness (QED) is 0.446. The molecule has 1 saturated heterocycles. The Labute approximate surface area is 162 Å². The fraction of sp³-hybridized carbons (Fsp3) is 0.571. The monoisotopic (exact) mass is 371 g/mol. The van der Waals surface area contributed by atoms with Gasteiger partial charge in [0.05, 0.1) is 13.2 Å². The molecular weight excluding hydrogens is 338 g/mol. The van der Waals surface area contributed by atoms with Crippen LogP contribution in [0.4, 0.5) is 0 Å². The van der Waals surface area contributed by atoms with E-state index in [0.717, 1.165) is 58.3 Å². The van der Waals surface area contributed by atoms with E-state index in [-0.39, 0.29) is 5.54 Å². The van der Waals surface area contributed by atoms with Gasteiger partial charge in [-0.3, -0.25) is 9.89 Å². The van der Waals surface area contributed by atoms with Gasteiger partial charge >= 0.3 is 0 Å². The van der Waals surface area contributed by atoms with Gasteiger partial charge in [0.2, 0.25) is 0 Å². The maximum absolute atomic E-state index is 5.46. The highest BCUT2D eigenvalue weighted by Gasteiger charge is 2.28. The second kappa shape index (κ2) is 9.24. The molecule has 0 amide bonds. The van der Waals surface area contributed by atoms with Crippen LogP contribution >= 0.6 is 0 Å². The van der Waals surface area contributed by atoms with Gasteiger partial charge in [-0.05, 0) is 37.8 Å². The Hall–Kier alpha value is -2.05. The van der Waals surface area contributed by atoms with Crippen LogP contribution in [-0.2, 0) is 11.3 Å². The van der Waals surface area contributed by atoms with Crippen molar-refractivity contribution in [1.29, 1.82) is 0 Å². The summed E-state index contributed by atoms with van der Waals surface area (Å²) in [6, 6.07) is 10.7. The normalized spacial score (nSPS) is 16.6. The van der Waals surface area contributed by atoms with Gasteiger partial charge < -0.3 is 19.9 Å². The summed E-state index contributed by atoms with van der Waals surface area (Å²) >= 11 is 0. The highest BCUT2D eigenvalue weighted by Crippen LogP contribution is 2.16. The van der Waals surface area contributed by atoms with Gasteiger partial charge in [0.25, 0.3) is 0 Å². The zero-order chi connectivity index (χ0) is 19.1. The molecule has 1 aromatic heterocycles. The number of rotatable bonds is 7. The first-order chi connectivity index (χ1) is 13.1. The fourth-order valence-corrected chi connectivity index (χ4v) is 3.59. The lowest BCUT2D eigenvalue weighted by atomic mass is 10.0. The van der Waals surface area contributed by atoms with Crippen LogP contribution in [0.5, 0.6) is 0 Å². The van der Waals surface area contributed by atoms with E-state index in [4.69, 9.17) is 4.74 Å². The highest BCUT2D eigenvalue weighted by atomic mass is 16.5. The van der Waals surface area contributed by atoms with E-state index in [1.165, 1.54) is 10.9 Å². The average Bonchev–Trinajstić information content (AvgIpc) is 3.11. The molecule has 0 atom stereocenters. The van der Waals surface area contributed by atoms with E-state index in [9.17, 15) is 0 Å². The van der Waals surface area contributed by atoms with Crippen molar-refractivity contribution in [2.75, 3.05) is 46.4 Å². The van der Waals surface area contributed by atoms with E-state index in [2.05, 4.69) is 75.5 Å². The molecule has 1 aliphatic rings. The van der Waals surface area contributed by atoms with Crippen molar-refractivity contribution in [1.82, 2.24) is 20.1 Å². The van der Waals surface area contributed by atoms with Gasteiger partial charge in [0.15, 0.2) is 5.96 Å². The molecule has 1 aromatic carbocycles. The van der Waals surface area contributed by atoms with Crippen molar-refractivity contribution in [3.63, 3.8) is 0 Å². The Bertz CT molecular complexity index is 746. The molecule has 27 heavy (non-hydrogen) atoms. The molecule has 0 spiro atoms. The van der Waals surface area contributed by atoms with E-state index in [0.29, 0.717) is 0 Å². The fourth-order valence-electron chi connectivity index (χ4n) is 3.59. The topological polar surface area (TPSA) is 53.8 Å². The molecule has 6 heteroatoms. The van der Waals surface area contributed by atoms with Gasteiger partial charge in [-0.25, -0.2) is 0 Å². The third-order valence-corrected chi connectivity index (χ3v) is 5.33. The zero-order valence-corrected chi connectivity index (χ0v) is 16.9. The average molecular weight is 372 g/mol. The molecule has 0 aliphatic carbocycles. The number of fused-ring (bicyclic) bond motifs is 1. The zero-order valence-electron chi connectivity index (χ0n) is 16.9. The number of guanidine groups is 1. The largest absolute Gasteiger partial charge is 0.379 e. The van der Waals surface area contributed by atoms with Gasteiger partial charge in [-0.1, -0.05) is 18.2 Å².